The van der Waals surface area contributed by atoms with Gasteiger partial charge in [-0.05, 0) is 57.1 Å². The van der Waals surface area contributed by atoms with E-state index in [0.29, 0.717) is 0 Å². The second kappa shape index (κ2) is 19.9. The summed E-state index contributed by atoms with van der Waals surface area (Å²) in [5.41, 5.74) is 3.15. The fourth-order valence-electron chi connectivity index (χ4n) is 4.69. The monoisotopic (exact) mass is 839 g/mol. The number of aliphatic hydroxyl groups excluding tert-OH is 3. The molecular weight excluding hydrogens is 801 g/mol. The van der Waals surface area contributed by atoms with E-state index >= 15 is 0 Å². The molecule has 7 aromatic rings. The SMILES string of the molecule is CC(O)C(Cc1ccccc1)C(C)O.CO.[Ir].[c-]1c(-c2ccccn2)sc2ccccc12.[c-]1c(-c2ccccn2)sc2ccccc12. The van der Waals surface area contributed by atoms with Crippen LogP contribution in [0.4, 0.5) is 0 Å². The first-order valence-electron chi connectivity index (χ1n) is 15.0. The van der Waals surface area contributed by atoms with Gasteiger partial charge in [0, 0.05) is 56.9 Å². The molecular formula is C39H38IrN2O3S2-2. The molecule has 3 aromatic carbocycles. The van der Waals surface area contributed by atoms with Crippen LogP contribution in [-0.4, -0.2) is 44.6 Å². The van der Waals surface area contributed by atoms with Crippen molar-refractivity contribution >= 4 is 42.8 Å². The van der Waals surface area contributed by atoms with Crippen molar-refractivity contribution in [2.75, 3.05) is 7.11 Å². The second-order valence-electron chi connectivity index (χ2n) is 10.4. The predicted molar refractivity (Wildman–Crippen MR) is 193 cm³/mol. The van der Waals surface area contributed by atoms with E-state index < -0.39 is 12.2 Å². The summed E-state index contributed by atoms with van der Waals surface area (Å²) in [6.45, 7) is 3.45. The minimum Gasteiger partial charge on any atom is -0.400 e. The Kier molecular flexibility index (Phi) is 16.1. The molecule has 47 heavy (non-hydrogen) atoms. The molecule has 2 unspecified atom stereocenters. The Morgan fingerprint density at radius 3 is 1.36 bits per heavy atom. The maximum Gasteiger partial charge on any atom is 0.0568 e. The molecule has 5 nitrogen and oxygen atoms in total. The van der Waals surface area contributed by atoms with Crippen LogP contribution in [0.3, 0.4) is 0 Å². The number of fused-ring (bicyclic) bond motifs is 2. The van der Waals surface area contributed by atoms with Crippen molar-refractivity contribution in [2.24, 2.45) is 5.92 Å². The summed E-state index contributed by atoms with van der Waals surface area (Å²) in [6.07, 6.45) is 3.39. The second-order valence-corrected chi connectivity index (χ2v) is 12.5. The van der Waals surface area contributed by atoms with Gasteiger partial charge in [0.2, 0.25) is 0 Å². The minimum atomic E-state index is -0.477. The molecule has 0 saturated carbocycles. The molecule has 0 fully saturated rings. The van der Waals surface area contributed by atoms with Gasteiger partial charge in [-0.3, -0.25) is 0 Å². The number of aliphatic hydroxyl groups is 3. The van der Waals surface area contributed by atoms with Crippen LogP contribution < -0.4 is 0 Å². The first-order chi connectivity index (χ1) is 22.5. The molecule has 0 aliphatic heterocycles. The molecule has 3 N–H and O–H groups in total. The number of hydrogen-bond donors (Lipinski definition) is 3. The summed E-state index contributed by atoms with van der Waals surface area (Å²) in [5.74, 6) is -0.0857. The number of hydrogen-bond acceptors (Lipinski definition) is 7. The minimum absolute atomic E-state index is 0. The Balaban J connectivity index is 0.000000185. The van der Waals surface area contributed by atoms with E-state index in [1.807, 2.05) is 91.3 Å². The van der Waals surface area contributed by atoms with Crippen LogP contribution >= 0.6 is 22.7 Å². The fourth-order valence-corrected chi connectivity index (χ4v) is 6.65. The summed E-state index contributed by atoms with van der Waals surface area (Å²) in [7, 11) is 1.00. The summed E-state index contributed by atoms with van der Waals surface area (Å²) in [6, 6.07) is 45.1. The van der Waals surface area contributed by atoms with Crippen molar-refractivity contribution < 1.29 is 35.4 Å². The van der Waals surface area contributed by atoms with Crippen molar-refractivity contribution in [3.8, 4) is 21.1 Å². The Bertz CT molecular complexity index is 1680. The quantitative estimate of drug-likeness (QED) is 0.146. The molecule has 0 bridgehead atoms. The van der Waals surface area contributed by atoms with Gasteiger partial charge in [-0.25, -0.2) is 22.7 Å². The Hall–Kier alpha value is -3.59. The fraction of sp³-hybridized carbons (Fsp3) is 0.179. The van der Waals surface area contributed by atoms with E-state index in [-0.39, 0.29) is 26.0 Å². The van der Waals surface area contributed by atoms with Gasteiger partial charge in [0.15, 0.2) is 0 Å². The number of nitrogens with zero attached hydrogens (tertiary/aromatic N) is 2. The van der Waals surface area contributed by atoms with Crippen molar-refractivity contribution in [1.29, 1.82) is 0 Å². The molecule has 0 amide bonds. The first-order valence-corrected chi connectivity index (χ1v) is 16.6. The first kappa shape index (κ1) is 37.9. The molecule has 8 heteroatoms. The average molecular weight is 839 g/mol. The third-order valence-electron chi connectivity index (χ3n) is 7.04. The van der Waals surface area contributed by atoms with Gasteiger partial charge in [0.25, 0.3) is 0 Å². The number of rotatable bonds is 6. The van der Waals surface area contributed by atoms with E-state index in [1.165, 1.54) is 20.2 Å². The molecule has 0 aliphatic rings. The number of pyridine rings is 2. The van der Waals surface area contributed by atoms with E-state index in [9.17, 15) is 10.2 Å². The average Bonchev–Trinajstić information content (AvgIpc) is 3.75. The molecule has 7 rings (SSSR count). The van der Waals surface area contributed by atoms with Crippen molar-refractivity contribution in [3.63, 3.8) is 0 Å². The maximum absolute atomic E-state index is 9.48. The zero-order valence-corrected chi connectivity index (χ0v) is 30.5. The Morgan fingerprint density at radius 2 is 0.979 bits per heavy atom. The summed E-state index contributed by atoms with van der Waals surface area (Å²) in [4.78, 5) is 10.9. The van der Waals surface area contributed by atoms with Crippen LogP contribution in [0.5, 0.6) is 0 Å². The Morgan fingerprint density at radius 1 is 0.574 bits per heavy atom. The molecule has 0 spiro atoms. The molecule has 1 radical (unpaired) electrons. The van der Waals surface area contributed by atoms with Crippen LogP contribution in [0.15, 0.2) is 128 Å². The zero-order chi connectivity index (χ0) is 32.7. The number of aromatic nitrogens is 2. The van der Waals surface area contributed by atoms with E-state index in [1.54, 1.807) is 36.5 Å². The van der Waals surface area contributed by atoms with Gasteiger partial charge in [-0.2, -0.15) is 0 Å². The Labute approximate surface area is 298 Å². The summed E-state index contributed by atoms with van der Waals surface area (Å²) in [5, 5.41) is 28.3. The van der Waals surface area contributed by atoms with Gasteiger partial charge in [-0.1, -0.05) is 78.9 Å². The molecule has 245 valence electrons. The topological polar surface area (TPSA) is 86.5 Å². The summed E-state index contributed by atoms with van der Waals surface area (Å²) < 4.78 is 2.52. The smallest absolute Gasteiger partial charge is 0.0568 e. The molecule has 4 heterocycles. The van der Waals surface area contributed by atoms with Gasteiger partial charge in [-0.15, -0.1) is 47.2 Å². The standard InChI is InChI=1S/2C13H8NS.C12H18O2.CH4O.Ir/c2*1-2-7-12-10(5-1)9-13(15-12)11-6-3-4-8-14-11;1-9(13)12(10(2)14)8-11-6-4-3-5-7-11;1-2;/h2*1-8H;3-7,9-10,12-14H,8H2,1-2H3;2H,1H3;/q2*-1;;;. The van der Waals surface area contributed by atoms with Gasteiger partial charge in [0.1, 0.15) is 0 Å². The van der Waals surface area contributed by atoms with Crippen molar-refractivity contribution in [3.05, 3.63) is 145 Å². The van der Waals surface area contributed by atoms with Crippen LogP contribution in [0.2, 0.25) is 0 Å². The normalized spacial score (nSPS) is 12.1. The molecule has 0 saturated heterocycles. The largest absolute Gasteiger partial charge is 0.400 e. The summed E-state index contributed by atoms with van der Waals surface area (Å²) >= 11 is 3.46. The van der Waals surface area contributed by atoms with Crippen LogP contribution in [0.1, 0.15) is 19.4 Å². The molecule has 2 atom stereocenters. The maximum atomic E-state index is 9.48. The number of benzene rings is 3. The van der Waals surface area contributed by atoms with E-state index in [4.69, 9.17) is 5.11 Å². The van der Waals surface area contributed by atoms with Crippen LogP contribution in [0, 0.1) is 18.1 Å². The van der Waals surface area contributed by atoms with Gasteiger partial charge in [0.05, 0.1) is 12.2 Å². The van der Waals surface area contributed by atoms with E-state index in [0.717, 1.165) is 40.2 Å². The molecule has 4 aromatic heterocycles. The third-order valence-corrected chi connectivity index (χ3v) is 9.23. The van der Waals surface area contributed by atoms with Crippen molar-refractivity contribution in [2.45, 2.75) is 32.5 Å². The molecule has 0 aliphatic carbocycles. The predicted octanol–water partition coefficient (Wildman–Crippen LogP) is 8.74. The van der Waals surface area contributed by atoms with Gasteiger partial charge >= 0.3 is 0 Å². The van der Waals surface area contributed by atoms with E-state index in [2.05, 4.69) is 58.5 Å². The van der Waals surface area contributed by atoms with Crippen molar-refractivity contribution in [1.82, 2.24) is 9.97 Å². The third kappa shape index (κ3) is 11.3. The van der Waals surface area contributed by atoms with Crippen LogP contribution in [0.25, 0.3) is 41.3 Å². The van der Waals surface area contributed by atoms with Crippen LogP contribution in [-0.2, 0) is 26.5 Å². The van der Waals surface area contributed by atoms with Gasteiger partial charge < -0.3 is 25.3 Å². The number of thiophene rings is 2. The zero-order valence-electron chi connectivity index (χ0n) is 26.4.